The predicted octanol–water partition coefficient (Wildman–Crippen LogP) is 0.764. The Morgan fingerprint density at radius 3 is 2.61 bits per heavy atom. The van der Waals surface area contributed by atoms with E-state index in [9.17, 15) is 14.4 Å². The zero-order valence-corrected chi connectivity index (χ0v) is 9.97. The van der Waals surface area contributed by atoms with Crippen molar-refractivity contribution in [1.29, 1.82) is 0 Å². The van der Waals surface area contributed by atoms with Gasteiger partial charge in [0.2, 0.25) is 0 Å². The Morgan fingerprint density at radius 1 is 1.44 bits per heavy atom. The second kappa shape index (κ2) is 4.64. The molecule has 1 amide bonds. The number of carboxylic acids is 1. The van der Waals surface area contributed by atoms with Gasteiger partial charge in [0, 0.05) is 30.8 Å². The first-order valence-electron chi connectivity index (χ1n) is 5.68. The topological polar surface area (TPSA) is 90.5 Å². The molecule has 2 heterocycles. The van der Waals surface area contributed by atoms with Gasteiger partial charge < -0.3 is 15.0 Å². The summed E-state index contributed by atoms with van der Waals surface area (Å²) in [6.07, 6.45) is 1.59. The van der Waals surface area contributed by atoms with Gasteiger partial charge in [0.25, 0.3) is 5.91 Å². The van der Waals surface area contributed by atoms with Gasteiger partial charge >= 0.3 is 5.97 Å². The van der Waals surface area contributed by atoms with Crippen LogP contribution in [0.4, 0.5) is 0 Å². The van der Waals surface area contributed by atoms with Gasteiger partial charge in [-0.15, -0.1) is 0 Å². The van der Waals surface area contributed by atoms with Gasteiger partial charge in [-0.05, 0) is 13.0 Å². The number of carbonyl (C=O) groups excluding carboxylic acids is 2. The van der Waals surface area contributed by atoms with Gasteiger partial charge in [-0.2, -0.15) is 0 Å². The largest absolute Gasteiger partial charge is 0.481 e. The normalized spacial score (nSPS) is 15.3. The van der Waals surface area contributed by atoms with Crippen molar-refractivity contribution in [3.05, 3.63) is 23.5 Å². The molecule has 1 aliphatic rings. The predicted molar refractivity (Wildman–Crippen MR) is 62.4 cm³/mol. The number of rotatable bonds is 4. The molecule has 6 heteroatoms. The quantitative estimate of drug-likeness (QED) is 0.772. The molecule has 6 nitrogen and oxygen atoms in total. The molecule has 96 valence electrons. The van der Waals surface area contributed by atoms with Crippen LogP contribution in [0.1, 0.15) is 34.2 Å². The van der Waals surface area contributed by atoms with Crippen molar-refractivity contribution < 1.29 is 19.5 Å². The Hall–Kier alpha value is -2.11. The van der Waals surface area contributed by atoms with Crippen LogP contribution in [-0.4, -0.2) is 45.7 Å². The maximum absolute atomic E-state index is 11.9. The Bertz CT molecular complexity index is 500. The van der Waals surface area contributed by atoms with E-state index in [0.29, 0.717) is 24.3 Å². The standard InChI is InChI=1S/C12H14N2O4/c1-7(15)9-3-10(13-4-9)12(18)14-5-8(6-14)2-11(16)17/h3-4,8,13H,2,5-6H2,1H3,(H,16,17). The Labute approximate surface area is 104 Å². The zero-order chi connectivity index (χ0) is 13.3. The summed E-state index contributed by atoms with van der Waals surface area (Å²) in [5, 5.41) is 8.61. The fourth-order valence-electron chi connectivity index (χ4n) is 2.00. The third kappa shape index (κ3) is 2.42. The number of aromatic amines is 1. The highest BCUT2D eigenvalue weighted by Gasteiger charge is 2.33. The van der Waals surface area contributed by atoms with Crippen LogP contribution in [0.2, 0.25) is 0 Å². The van der Waals surface area contributed by atoms with Crippen molar-refractivity contribution in [1.82, 2.24) is 9.88 Å². The van der Waals surface area contributed by atoms with Crippen molar-refractivity contribution in [3.8, 4) is 0 Å². The summed E-state index contributed by atoms with van der Waals surface area (Å²) >= 11 is 0. The van der Waals surface area contributed by atoms with E-state index >= 15 is 0 Å². The number of nitrogens with one attached hydrogen (secondary N) is 1. The van der Waals surface area contributed by atoms with Gasteiger partial charge in [0.15, 0.2) is 5.78 Å². The number of aromatic nitrogens is 1. The summed E-state index contributed by atoms with van der Waals surface area (Å²) in [6, 6.07) is 1.52. The molecule has 2 rings (SSSR count). The van der Waals surface area contributed by atoms with E-state index in [1.165, 1.54) is 19.2 Å². The molecule has 0 bridgehead atoms. The molecule has 0 radical (unpaired) electrons. The van der Waals surface area contributed by atoms with Crippen LogP contribution >= 0.6 is 0 Å². The van der Waals surface area contributed by atoms with E-state index in [1.54, 1.807) is 4.90 Å². The Balaban J connectivity index is 1.93. The van der Waals surface area contributed by atoms with Crippen molar-refractivity contribution in [3.63, 3.8) is 0 Å². The summed E-state index contributed by atoms with van der Waals surface area (Å²) in [6.45, 7) is 2.35. The average molecular weight is 250 g/mol. The van der Waals surface area contributed by atoms with E-state index in [4.69, 9.17) is 5.11 Å². The van der Waals surface area contributed by atoms with Crippen LogP contribution in [0.5, 0.6) is 0 Å². The lowest BCUT2D eigenvalue weighted by Crippen LogP contribution is -2.50. The number of H-pyrrole nitrogens is 1. The molecule has 1 aromatic rings. The van der Waals surface area contributed by atoms with Crippen molar-refractivity contribution in [2.24, 2.45) is 5.92 Å². The molecule has 1 fully saturated rings. The van der Waals surface area contributed by atoms with Gasteiger partial charge in [-0.1, -0.05) is 0 Å². The smallest absolute Gasteiger partial charge is 0.303 e. The highest BCUT2D eigenvalue weighted by molar-refractivity contribution is 5.99. The summed E-state index contributed by atoms with van der Waals surface area (Å²) in [7, 11) is 0. The molecule has 1 aromatic heterocycles. The number of aliphatic carboxylic acids is 1. The van der Waals surface area contributed by atoms with Crippen LogP contribution in [0, 0.1) is 5.92 Å². The first-order chi connectivity index (χ1) is 8.47. The summed E-state index contributed by atoms with van der Waals surface area (Å²) in [5.74, 6) is -1.10. The Kier molecular flexibility index (Phi) is 3.18. The number of likely N-dealkylation sites (tertiary alicyclic amines) is 1. The molecule has 0 aromatic carbocycles. The van der Waals surface area contributed by atoms with E-state index < -0.39 is 5.97 Å². The molecule has 0 atom stereocenters. The lowest BCUT2D eigenvalue weighted by Gasteiger charge is -2.38. The van der Waals surface area contributed by atoms with E-state index in [0.717, 1.165) is 0 Å². The number of Topliss-reactive ketones (excluding diaryl/α,β-unsaturated/α-hetero) is 1. The number of carbonyl (C=O) groups is 3. The maximum atomic E-state index is 11.9. The number of hydrogen-bond acceptors (Lipinski definition) is 3. The number of nitrogens with zero attached hydrogens (tertiary/aromatic N) is 1. The molecule has 0 unspecified atom stereocenters. The first kappa shape index (κ1) is 12.3. The van der Waals surface area contributed by atoms with Gasteiger partial charge in [-0.3, -0.25) is 14.4 Å². The molecule has 2 N–H and O–H groups in total. The summed E-state index contributed by atoms with van der Waals surface area (Å²) in [4.78, 5) is 37.8. The van der Waals surface area contributed by atoms with Crippen LogP contribution in [0.25, 0.3) is 0 Å². The fraction of sp³-hybridized carbons (Fsp3) is 0.417. The lowest BCUT2D eigenvalue weighted by atomic mass is 9.96. The average Bonchev–Trinajstić information content (AvgIpc) is 2.70. The minimum Gasteiger partial charge on any atom is -0.481 e. The Morgan fingerprint density at radius 2 is 2.11 bits per heavy atom. The van der Waals surface area contributed by atoms with Crippen LogP contribution in [0.3, 0.4) is 0 Å². The highest BCUT2D eigenvalue weighted by atomic mass is 16.4. The third-order valence-corrected chi connectivity index (χ3v) is 3.03. The number of carboxylic acid groups (broad SMARTS) is 1. The van der Waals surface area contributed by atoms with Crippen LogP contribution < -0.4 is 0 Å². The second-order valence-electron chi connectivity index (χ2n) is 4.53. The number of ketones is 1. The van der Waals surface area contributed by atoms with E-state index in [-0.39, 0.29) is 24.0 Å². The molecular formula is C12H14N2O4. The van der Waals surface area contributed by atoms with E-state index in [1.807, 2.05) is 0 Å². The summed E-state index contributed by atoms with van der Waals surface area (Å²) < 4.78 is 0. The van der Waals surface area contributed by atoms with Crippen molar-refractivity contribution in [2.45, 2.75) is 13.3 Å². The highest BCUT2D eigenvalue weighted by Crippen LogP contribution is 2.21. The second-order valence-corrected chi connectivity index (χ2v) is 4.53. The third-order valence-electron chi connectivity index (χ3n) is 3.03. The molecule has 0 spiro atoms. The van der Waals surface area contributed by atoms with Crippen molar-refractivity contribution >= 4 is 17.7 Å². The summed E-state index contributed by atoms with van der Waals surface area (Å²) in [5.41, 5.74) is 0.843. The minimum atomic E-state index is -0.842. The van der Waals surface area contributed by atoms with Gasteiger partial charge in [0.1, 0.15) is 5.69 Å². The fourth-order valence-corrected chi connectivity index (χ4v) is 2.00. The van der Waals surface area contributed by atoms with Gasteiger partial charge in [-0.25, -0.2) is 0 Å². The number of hydrogen-bond donors (Lipinski definition) is 2. The molecule has 1 aliphatic heterocycles. The molecule has 18 heavy (non-hydrogen) atoms. The SMILES string of the molecule is CC(=O)c1c[nH]c(C(=O)N2CC(CC(=O)O)C2)c1. The van der Waals surface area contributed by atoms with Crippen LogP contribution in [0.15, 0.2) is 12.3 Å². The monoisotopic (exact) mass is 250 g/mol. The van der Waals surface area contributed by atoms with Gasteiger partial charge in [0.05, 0.1) is 6.42 Å². The first-order valence-corrected chi connectivity index (χ1v) is 5.68. The number of amides is 1. The van der Waals surface area contributed by atoms with E-state index in [2.05, 4.69) is 4.98 Å². The molecular weight excluding hydrogens is 236 g/mol. The minimum absolute atomic E-state index is 0.0358. The molecule has 0 saturated carbocycles. The molecule has 0 aliphatic carbocycles. The van der Waals surface area contributed by atoms with Crippen LogP contribution in [-0.2, 0) is 4.79 Å². The lowest BCUT2D eigenvalue weighted by molar-refractivity contribution is -0.139. The molecule has 1 saturated heterocycles. The van der Waals surface area contributed by atoms with Crippen molar-refractivity contribution in [2.75, 3.05) is 13.1 Å². The zero-order valence-electron chi connectivity index (χ0n) is 9.97. The maximum Gasteiger partial charge on any atom is 0.303 e.